The lowest BCUT2D eigenvalue weighted by Crippen LogP contribution is -2.35. The molecule has 0 aromatic rings. The fourth-order valence-electron chi connectivity index (χ4n) is 4.36. The van der Waals surface area contributed by atoms with Crippen molar-refractivity contribution in [1.29, 1.82) is 0 Å². The minimum absolute atomic E-state index is 0.0943. The molecule has 0 aliphatic rings. The van der Waals surface area contributed by atoms with E-state index in [4.69, 9.17) is 14.0 Å². The molecule has 228 valence electrons. The minimum Gasteiger partial charge on any atom is -0.457 e. The Morgan fingerprint density at radius 2 is 1.21 bits per heavy atom. The highest BCUT2D eigenvalue weighted by Gasteiger charge is 2.24. The van der Waals surface area contributed by atoms with E-state index in [1.807, 2.05) is 21.1 Å². The predicted molar refractivity (Wildman–Crippen MR) is 159 cm³/mol. The molecule has 0 aromatic heterocycles. The predicted octanol–water partition coefficient (Wildman–Crippen LogP) is 7.88. The van der Waals surface area contributed by atoms with Crippen molar-refractivity contribution in [1.82, 2.24) is 0 Å². The number of carbonyl (C=O) groups is 1. The van der Waals surface area contributed by atoms with E-state index in [1.165, 1.54) is 89.9 Å². The second-order valence-corrected chi connectivity index (χ2v) is 13.8. The van der Waals surface area contributed by atoms with Gasteiger partial charge in [-0.25, -0.2) is 0 Å². The summed E-state index contributed by atoms with van der Waals surface area (Å²) in [5.74, 6) is -0.359. The molecule has 0 saturated carbocycles. The van der Waals surface area contributed by atoms with Crippen LogP contribution >= 0.6 is 7.60 Å². The molecule has 0 aromatic carbocycles. The Hall–Kier alpha value is -0.460. The van der Waals surface area contributed by atoms with Gasteiger partial charge in [-0.05, 0) is 6.42 Å². The van der Waals surface area contributed by atoms with Crippen molar-refractivity contribution < 1.29 is 32.7 Å². The summed E-state index contributed by atoms with van der Waals surface area (Å²) in [4.78, 5) is 21.9. The summed E-state index contributed by atoms with van der Waals surface area (Å²) in [5, 5.41) is 0. The first-order valence-electron chi connectivity index (χ1n) is 15.6. The van der Waals surface area contributed by atoms with Gasteiger partial charge in [-0.1, -0.05) is 110 Å². The molecule has 2 atom stereocenters. The van der Waals surface area contributed by atoms with E-state index in [9.17, 15) is 14.3 Å². The first-order chi connectivity index (χ1) is 18.1. The molecule has 0 aliphatic heterocycles. The van der Waals surface area contributed by atoms with Crippen molar-refractivity contribution >= 4 is 13.6 Å². The second kappa shape index (κ2) is 24.3. The van der Waals surface area contributed by atoms with Crippen LogP contribution in [0.4, 0.5) is 0 Å². The van der Waals surface area contributed by atoms with Gasteiger partial charge in [-0.15, -0.1) is 0 Å². The van der Waals surface area contributed by atoms with Gasteiger partial charge in [-0.2, -0.15) is 0 Å². The zero-order valence-electron chi connectivity index (χ0n) is 25.7. The lowest BCUT2D eigenvalue weighted by Gasteiger charge is -2.24. The van der Waals surface area contributed by atoms with Gasteiger partial charge in [0.25, 0.3) is 0 Å². The van der Waals surface area contributed by atoms with E-state index in [1.54, 1.807) is 6.92 Å². The van der Waals surface area contributed by atoms with Crippen molar-refractivity contribution in [3.8, 4) is 0 Å². The van der Waals surface area contributed by atoms with E-state index in [0.29, 0.717) is 13.0 Å². The molecular weight excluding hydrogens is 501 g/mol. The van der Waals surface area contributed by atoms with Gasteiger partial charge in [0.1, 0.15) is 6.10 Å². The highest BCUT2D eigenvalue weighted by atomic mass is 31.2. The number of rotatable bonds is 28. The van der Waals surface area contributed by atoms with Crippen molar-refractivity contribution in [2.45, 2.75) is 136 Å². The first kappa shape index (κ1) is 37.5. The quantitative estimate of drug-likeness (QED) is 0.0450. The normalized spacial score (nSPS) is 14.4. The third kappa shape index (κ3) is 27.1. The molecule has 0 aliphatic carbocycles. The number of nitrogens with zero attached hydrogens (tertiary/aromatic N) is 1. The summed E-state index contributed by atoms with van der Waals surface area (Å²) in [5.41, 5.74) is 0. The number of hydrogen-bond donors (Lipinski definition) is 1. The van der Waals surface area contributed by atoms with Gasteiger partial charge in [0.2, 0.25) is 0 Å². The van der Waals surface area contributed by atoms with Crippen LogP contribution in [-0.4, -0.2) is 75.1 Å². The molecule has 1 N–H and O–H groups in total. The van der Waals surface area contributed by atoms with E-state index >= 15 is 0 Å². The Balaban J connectivity index is 3.80. The molecule has 0 rings (SSSR count). The molecule has 0 radical (unpaired) electrons. The number of ether oxygens (including phenoxy) is 2. The summed E-state index contributed by atoms with van der Waals surface area (Å²) in [6.45, 7) is 5.43. The molecule has 8 heteroatoms. The van der Waals surface area contributed by atoms with Crippen LogP contribution in [0.15, 0.2) is 0 Å². The van der Waals surface area contributed by atoms with Gasteiger partial charge >= 0.3 is 13.6 Å². The lowest BCUT2D eigenvalue weighted by atomic mass is 10.0. The maximum Gasteiger partial charge on any atom is 0.328 e. The van der Waals surface area contributed by atoms with Gasteiger partial charge in [-0.3, -0.25) is 9.36 Å². The average molecular weight is 565 g/mol. The van der Waals surface area contributed by atoms with Crippen LogP contribution in [0.3, 0.4) is 0 Å². The fraction of sp³-hybridized carbons (Fsp3) is 0.967. The maximum atomic E-state index is 12.3. The SMILES string of the molecule is CCCCCCCCCCCCCCCCCCOCC(COP(=O)(O)CCC[N+](C)(C)C)OC(=O)CC. The standard InChI is InChI=1S/C30H62NO6P/c1-6-8-9-10-11-12-13-14-15-16-17-18-19-20-21-22-25-35-27-29(37-30(32)7-2)28-36-38(33,34)26-23-24-31(3,4)5/h29H,6-28H2,1-5H3/p+1. The smallest absolute Gasteiger partial charge is 0.328 e. The second-order valence-electron chi connectivity index (χ2n) is 11.9. The number of quaternary nitrogens is 1. The molecule has 0 saturated heterocycles. The Labute approximate surface area is 235 Å². The van der Waals surface area contributed by atoms with E-state index in [-0.39, 0.29) is 31.8 Å². The van der Waals surface area contributed by atoms with Crippen molar-refractivity contribution in [3.63, 3.8) is 0 Å². The maximum absolute atomic E-state index is 12.3. The highest BCUT2D eigenvalue weighted by molar-refractivity contribution is 7.52. The van der Waals surface area contributed by atoms with Crippen LogP contribution in [0.5, 0.6) is 0 Å². The van der Waals surface area contributed by atoms with Crippen molar-refractivity contribution in [2.75, 3.05) is 53.7 Å². The number of carbonyl (C=O) groups excluding carboxylic acids is 1. The fourth-order valence-corrected chi connectivity index (χ4v) is 5.43. The Bertz CT molecular complexity index is 596. The number of esters is 1. The average Bonchev–Trinajstić information content (AvgIpc) is 2.85. The summed E-state index contributed by atoms with van der Waals surface area (Å²) in [7, 11) is 2.41. The number of unbranched alkanes of at least 4 members (excludes halogenated alkanes) is 15. The van der Waals surface area contributed by atoms with Crippen molar-refractivity contribution in [2.24, 2.45) is 0 Å². The minimum atomic E-state index is -3.72. The summed E-state index contributed by atoms with van der Waals surface area (Å²) >= 11 is 0. The molecule has 0 fully saturated rings. The molecule has 7 nitrogen and oxygen atoms in total. The third-order valence-electron chi connectivity index (χ3n) is 6.76. The lowest BCUT2D eigenvalue weighted by molar-refractivity contribution is -0.870. The van der Waals surface area contributed by atoms with Gasteiger partial charge in [0.05, 0.1) is 47.1 Å². The van der Waals surface area contributed by atoms with Crippen LogP contribution in [-0.2, 0) is 23.4 Å². The molecule has 2 unspecified atom stereocenters. The van der Waals surface area contributed by atoms with Crippen LogP contribution < -0.4 is 0 Å². The zero-order chi connectivity index (χ0) is 28.5. The summed E-state index contributed by atoms with van der Waals surface area (Å²) < 4.78 is 29.4. The molecule has 0 spiro atoms. The molecule has 38 heavy (non-hydrogen) atoms. The van der Waals surface area contributed by atoms with Gasteiger partial charge in [0.15, 0.2) is 0 Å². The third-order valence-corrected chi connectivity index (χ3v) is 8.20. The largest absolute Gasteiger partial charge is 0.457 e. The highest BCUT2D eigenvalue weighted by Crippen LogP contribution is 2.42. The summed E-state index contributed by atoms with van der Waals surface area (Å²) in [6.07, 6.45) is 21.5. The molecule has 0 heterocycles. The molecule has 0 bridgehead atoms. The van der Waals surface area contributed by atoms with Gasteiger partial charge in [0, 0.05) is 19.4 Å². The first-order valence-corrected chi connectivity index (χ1v) is 17.4. The monoisotopic (exact) mass is 564 g/mol. The van der Waals surface area contributed by atoms with Crippen LogP contribution in [0.1, 0.15) is 129 Å². The number of hydrogen-bond acceptors (Lipinski definition) is 5. The van der Waals surface area contributed by atoms with Crippen LogP contribution in [0, 0.1) is 0 Å². The van der Waals surface area contributed by atoms with E-state index in [2.05, 4.69) is 6.92 Å². The molecular formula is C30H63NO6P+. The Morgan fingerprint density at radius 1 is 0.737 bits per heavy atom. The zero-order valence-corrected chi connectivity index (χ0v) is 26.6. The van der Waals surface area contributed by atoms with E-state index < -0.39 is 13.7 Å². The Kier molecular flexibility index (Phi) is 24.1. The van der Waals surface area contributed by atoms with Crippen LogP contribution in [0.25, 0.3) is 0 Å². The van der Waals surface area contributed by atoms with Gasteiger partial charge < -0.3 is 23.4 Å². The topological polar surface area (TPSA) is 82.1 Å². The molecule has 0 amide bonds. The Morgan fingerprint density at radius 3 is 1.66 bits per heavy atom. The van der Waals surface area contributed by atoms with E-state index in [0.717, 1.165) is 23.9 Å². The van der Waals surface area contributed by atoms with Crippen LogP contribution in [0.2, 0.25) is 0 Å². The van der Waals surface area contributed by atoms with Crippen molar-refractivity contribution in [3.05, 3.63) is 0 Å². The summed E-state index contributed by atoms with van der Waals surface area (Å²) in [6, 6.07) is 0.